The third-order valence-electron chi connectivity index (χ3n) is 3.61. The summed E-state index contributed by atoms with van der Waals surface area (Å²) in [4.78, 5) is 19.5. The lowest BCUT2D eigenvalue weighted by molar-refractivity contribution is 0.0256. The summed E-state index contributed by atoms with van der Waals surface area (Å²) in [7, 11) is 0. The maximum absolute atomic E-state index is 12.1. The molecular formula is C16H27N3O2S. The molecule has 0 aromatic carbocycles. The molecule has 1 atom stereocenters. The fourth-order valence-corrected chi connectivity index (χ4v) is 3.29. The molecule has 0 bridgehead atoms. The van der Waals surface area contributed by atoms with Crippen molar-refractivity contribution in [3.63, 3.8) is 0 Å². The van der Waals surface area contributed by atoms with E-state index in [0.717, 1.165) is 43.9 Å². The van der Waals surface area contributed by atoms with Crippen molar-refractivity contribution in [3.05, 3.63) is 16.1 Å². The first-order valence-corrected chi connectivity index (χ1v) is 8.78. The molecule has 6 heteroatoms. The molecular weight excluding hydrogens is 298 g/mol. The molecule has 1 unspecified atom stereocenters. The SMILES string of the molecule is Cc1ncc(CNC2CCCN(C(=O)OC(C)(C)C)CC2)s1. The van der Waals surface area contributed by atoms with Gasteiger partial charge in [-0.15, -0.1) is 11.3 Å². The predicted molar refractivity (Wildman–Crippen MR) is 89.1 cm³/mol. The average Bonchev–Trinajstić information content (AvgIpc) is 2.69. The molecule has 1 aromatic heterocycles. The lowest BCUT2D eigenvalue weighted by Crippen LogP contribution is -2.38. The smallest absolute Gasteiger partial charge is 0.410 e. The first kappa shape index (κ1) is 17.2. The molecule has 22 heavy (non-hydrogen) atoms. The lowest BCUT2D eigenvalue weighted by Gasteiger charge is -2.26. The zero-order valence-electron chi connectivity index (χ0n) is 14.0. The highest BCUT2D eigenvalue weighted by Gasteiger charge is 2.25. The van der Waals surface area contributed by atoms with E-state index in [9.17, 15) is 4.79 Å². The molecule has 2 rings (SSSR count). The standard InChI is InChI=1S/C16H27N3O2S/c1-12-17-10-14(22-12)11-18-13-6-5-8-19(9-7-13)15(20)21-16(2,3)4/h10,13,18H,5-9,11H2,1-4H3. The van der Waals surface area contributed by atoms with Crippen LogP contribution in [-0.4, -0.2) is 40.7 Å². The third-order valence-corrected chi connectivity index (χ3v) is 4.53. The van der Waals surface area contributed by atoms with Gasteiger partial charge in [0.15, 0.2) is 0 Å². The van der Waals surface area contributed by atoms with Gasteiger partial charge in [-0.2, -0.15) is 0 Å². The zero-order chi connectivity index (χ0) is 16.2. The maximum Gasteiger partial charge on any atom is 0.410 e. The Morgan fingerprint density at radius 2 is 2.23 bits per heavy atom. The van der Waals surface area contributed by atoms with E-state index in [2.05, 4.69) is 10.3 Å². The van der Waals surface area contributed by atoms with E-state index < -0.39 is 5.60 Å². The van der Waals surface area contributed by atoms with Gasteiger partial charge in [0.05, 0.1) is 5.01 Å². The van der Waals surface area contributed by atoms with Gasteiger partial charge < -0.3 is 15.0 Å². The normalized spacial score (nSPS) is 19.8. The predicted octanol–water partition coefficient (Wildman–Crippen LogP) is 3.33. The van der Waals surface area contributed by atoms with Crippen LogP contribution in [-0.2, 0) is 11.3 Å². The number of likely N-dealkylation sites (tertiary alicyclic amines) is 1. The number of thiazole rings is 1. The number of hydrogen-bond donors (Lipinski definition) is 1. The van der Waals surface area contributed by atoms with Crippen LogP contribution in [0.5, 0.6) is 0 Å². The highest BCUT2D eigenvalue weighted by Crippen LogP contribution is 2.17. The van der Waals surface area contributed by atoms with E-state index in [0.29, 0.717) is 6.04 Å². The number of aromatic nitrogens is 1. The minimum absolute atomic E-state index is 0.189. The number of hydrogen-bond acceptors (Lipinski definition) is 5. The zero-order valence-corrected chi connectivity index (χ0v) is 14.8. The van der Waals surface area contributed by atoms with Gasteiger partial charge in [-0.25, -0.2) is 9.78 Å². The van der Waals surface area contributed by atoms with Crippen LogP contribution in [0.4, 0.5) is 4.79 Å². The third kappa shape index (κ3) is 5.57. The number of ether oxygens (including phenoxy) is 1. The molecule has 0 aliphatic carbocycles. The highest BCUT2D eigenvalue weighted by atomic mass is 32.1. The van der Waals surface area contributed by atoms with Crippen LogP contribution in [0, 0.1) is 6.92 Å². The van der Waals surface area contributed by atoms with Crippen LogP contribution in [0.25, 0.3) is 0 Å². The van der Waals surface area contributed by atoms with Crippen LogP contribution < -0.4 is 5.32 Å². The summed E-state index contributed by atoms with van der Waals surface area (Å²) in [6.07, 6.45) is 4.83. The minimum Gasteiger partial charge on any atom is -0.444 e. The van der Waals surface area contributed by atoms with E-state index >= 15 is 0 Å². The van der Waals surface area contributed by atoms with E-state index in [1.165, 1.54) is 4.88 Å². The molecule has 2 heterocycles. The van der Waals surface area contributed by atoms with E-state index in [1.54, 1.807) is 11.3 Å². The van der Waals surface area contributed by atoms with Gasteiger partial charge in [-0.1, -0.05) is 0 Å². The first-order chi connectivity index (χ1) is 10.3. The molecule has 0 spiro atoms. The van der Waals surface area contributed by atoms with Gasteiger partial charge in [-0.3, -0.25) is 0 Å². The van der Waals surface area contributed by atoms with Crippen molar-refractivity contribution >= 4 is 17.4 Å². The van der Waals surface area contributed by atoms with Crippen LogP contribution in [0.2, 0.25) is 0 Å². The Labute approximate surface area is 137 Å². The Kier molecular flexibility index (Phi) is 5.81. The van der Waals surface area contributed by atoms with Crippen LogP contribution in [0.3, 0.4) is 0 Å². The Bertz CT molecular complexity index is 496. The molecule has 5 nitrogen and oxygen atoms in total. The lowest BCUT2D eigenvalue weighted by atomic mass is 10.1. The van der Waals surface area contributed by atoms with Crippen molar-refractivity contribution in [1.82, 2.24) is 15.2 Å². The maximum atomic E-state index is 12.1. The molecule has 1 aliphatic rings. The van der Waals surface area contributed by atoms with Crippen molar-refractivity contribution in [2.24, 2.45) is 0 Å². The second-order valence-corrected chi connectivity index (χ2v) is 8.14. The molecule has 124 valence electrons. The quantitative estimate of drug-likeness (QED) is 0.926. The Morgan fingerprint density at radius 3 is 2.86 bits per heavy atom. The van der Waals surface area contributed by atoms with Gasteiger partial charge in [-0.05, 0) is 47.0 Å². The van der Waals surface area contributed by atoms with Crippen LogP contribution in [0.1, 0.15) is 49.9 Å². The molecule has 1 saturated heterocycles. The van der Waals surface area contributed by atoms with Crippen molar-refractivity contribution in [2.45, 2.75) is 65.1 Å². The van der Waals surface area contributed by atoms with E-state index in [4.69, 9.17) is 4.74 Å². The molecule has 1 N–H and O–H groups in total. The molecule has 1 fully saturated rings. The highest BCUT2D eigenvalue weighted by molar-refractivity contribution is 7.11. The van der Waals surface area contributed by atoms with Gasteiger partial charge in [0.25, 0.3) is 0 Å². The van der Waals surface area contributed by atoms with Gasteiger partial charge >= 0.3 is 6.09 Å². The second kappa shape index (κ2) is 7.42. The van der Waals surface area contributed by atoms with E-state index in [1.807, 2.05) is 38.8 Å². The first-order valence-electron chi connectivity index (χ1n) is 7.96. The number of nitrogens with zero attached hydrogens (tertiary/aromatic N) is 2. The monoisotopic (exact) mass is 325 g/mol. The summed E-state index contributed by atoms with van der Waals surface area (Å²) in [5, 5.41) is 4.70. The molecule has 1 aliphatic heterocycles. The van der Waals surface area contributed by atoms with Crippen molar-refractivity contribution in [2.75, 3.05) is 13.1 Å². The minimum atomic E-state index is -0.426. The molecule has 0 saturated carbocycles. The van der Waals surface area contributed by atoms with Crippen LogP contribution >= 0.6 is 11.3 Å². The van der Waals surface area contributed by atoms with Crippen LogP contribution in [0.15, 0.2) is 6.20 Å². The molecule has 0 radical (unpaired) electrons. The largest absolute Gasteiger partial charge is 0.444 e. The summed E-state index contributed by atoms with van der Waals surface area (Å²) >= 11 is 1.74. The number of nitrogens with one attached hydrogen (secondary N) is 1. The number of rotatable bonds is 3. The topological polar surface area (TPSA) is 54.5 Å². The van der Waals surface area contributed by atoms with Gasteiger partial charge in [0, 0.05) is 36.8 Å². The van der Waals surface area contributed by atoms with E-state index in [-0.39, 0.29) is 6.09 Å². The summed E-state index contributed by atoms with van der Waals surface area (Å²) < 4.78 is 5.46. The van der Waals surface area contributed by atoms with Crippen molar-refractivity contribution in [1.29, 1.82) is 0 Å². The second-order valence-electron chi connectivity index (χ2n) is 6.82. The fraction of sp³-hybridized carbons (Fsp3) is 0.750. The number of carbonyl (C=O) groups is 1. The van der Waals surface area contributed by atoms with Crippen molar-refractivity contribution in [3.8, 4) is 0 Å². The summed E-state index contributed by atoms with van der Waals surface area (Å²) in [6.45, 7) is 10.2. The average molecular weight is 325 g/mol. The summed E-state index contributed by atoms with van der Waals surface area (Å²) in [6, 6.07) is 0.454. The summed E-state index contributed by atoms with van der Waals surface area (Å²) in [5.41, 5.74) is -0.426. The number of carbonyl (C=O) groups excluding carboxylic acids is 1. The Morgan fingerprint density at radius 1 is 1.45 bits per heavy atom. The Hall–Kier alpha value is -1.14. The Balaban J connectivity index is 1.78. The molecule has 1 aromatic rings. The molecule has 1 amide bonds. The van der Waals surface area contributed by atoms with Gasteiger partial charge in [0.2, 0.25) is 0 Å². The number of amides is 1. The summed E-state index contributed by atoms with van der Waals surface area (Å²) in [5.74, 6) is 0. The number of aryl methyl sites for hydroxylation is 1. The van der Waals surface area contributed by atoms with Gasteiger partial charge in [0.1, 0.15) is 5.60 Å². The van der Waals surface area contributed by atoms with Crippen molar-refractivity contribution < 1.29 is 9.53 Å². The fourth-order valence-electron chi connectivity index (χ4n) is 2.54.